The molecule has 1 N–H and O–H groups in total. The Hall–Kier alpha value is -2.90. The normalized spacial score (nSPS) is 11.7. The predicted octanol–water partition coefficient (Wildman–Crippen LogP) is 4.56. The zero-order valence-corrected chi connectivity index (χ0v) is 12.9. The smallest absolute Gasteiger partial charge is 0.416 e. The molecule has 1 heterocycles. The van der Waals surface area contributed by atoms with E-state index in [1.807, 2.05) is 0 Å². The number of carbonyl (C=O) groups excluding carboxylic acids is 1. The molecule has 0 aliphatic carbocycles. The molecule has 0 amide bonds. The van der Waals surface area contributed by atoms with Crippen LogP contribution in [0.2, 0.25) is 0 Å². The number of benzene rings is 2. The second-order valence-electron chi connectivity index (χ2n) is 5.27. The Labute approximate surface area is 139 Å². The fraction of sp³-hybridized carbons (Fsp3) is 0.176. The minimum absolute atomic E-state index is 0.0118. The third-order valence-electron chi connectivity index (χ3n) is 3.65. The standard InChI is InChI=1S/C17H12F4N2O2/c1-2-25-16(24)9-3-4-14(18)12(5-9)11-6-10(17(19,20)21)7-15-13(11)8-22-23-15/h3-8H,2H2,1H3,(H,22,23). The molecule has 0 saturated heterocycles. The number of nitrogens with zero attached hydrogens (tertiary/aromatic N) is 1. The molecule has 1 aromatic heterocycles. The van der Waals surface area contributed by atoms with Gasteiger partial charge in [-0.2, -0.15) is 18.3 Å². The molecule has 2 aromatic carbocycles. The molecule has 0 atom stereocenters. The van der Waals surface area contributed by atoms with Gasteiger partial charge in [0.15, 0.2) is 0 Å². The van der Waals surface area contributed by atoms with Crippen molar-refractivity contribution in [1.29, 1.82) is 0 Å². The number of ether oxygens (including phenoxy) is 1. The van der Waals surface area contributed by atoms with Gasteiger partial charge in [-0.05, 0) is 42.8 Å². The molecule has 0 spiro atoms. The SMILES string of the molecule is CCOC(=O)c1ccc(F)c(-c2cc(C(F)(F)F)cc3[nH]ncc23)c1. The molecule has 0 bridgehead atoms. The van der Waals surface area contributed by atoms with Crippen molar-refractivity contribution in [3.63, 3.8) is 0 Å². The van der Waals surface area contributed by atoms with Crippen molar-refractivity contribution >= 4 is 16.9 Å². The second-order valence-corrected chi connectivity index (χ2v) is 5.27. The Morgan fingerprint density at radius 2 is 1.96 bits per heavy atom. The summed E-state index contributed by atoms with van der Waals surface area (Å²) in [6.45, 7) is 1.74. The van der Waals surface area contributed by atoms with Crippen molar-refractivity contribution in [3.8, 4) is 11.1 Å². The maximum Gasteiger partial charge on any atom is 0.416 e. The molecular weight excluding hydrogens is 340 g/mol. The number of fused-ring (bicyclic) bond motifs is 1. The average Bonchev–Trinajstić information content (AvgIpc) is 3.02. The van der Waals surface area contributed by atoms with Crippen LogP contribution in [0.5, 0.6) is 0 Å². The summed E-state index contributed by atoms with van der Waals surface area (Å²) in [5.74, 6) is -1.44. The van der Waals surface area contributed by atoms with E-state index in [9.17, 15) is 22.4 Å². The molecular formula is C17H12F4N2O2. The zero-order chi connectivity index (χ0) is 18.2. The summed E-state index contributed by atoms with van der Waals surface area (Å²) in [7, 11) is 0. The minimum atomic E-state index is -4.61. The number of halogens is 4. The third kappa shape index (κ3) is 3.19. The van der Waals surface area contributed by atoms with Crippen LogP contribution >= 0.6 is 0 Å². The third-order valence-corrected chi connectivity index (χ3v) is 3.65. The van der Waals surface area contributed by atoms with Crippen molar-refractivity contribution in [2.75, 3.05) is 6.61 Å². The Morgan fingerprint density at radius 1 is 1.20 bits per heavy atom. The van der Waals surface area contributed by atoms with Gasteiger partial charge in [0.25, 0.3) is 0 Å². The van der Waals surface area contributed by atoms with E-state index in [4.69, 9.17) is 4.74 Å². The van der Waals surface area contributed by atoms with E-state index in [0.29, 0.717) is 5.39 Å². The molecule has 0 aliphatic heterocycles. The summed E-state index contributed by atoms with van der Waals surface area (Å²) < 4.78 is 58.5. The molecule has 4 nitrogen and oxygen atoms in total. The van der Waals surface area contributed by atoms with E-state index in [2.05, 4.69) is 10.2 Å². The van der Waals surface area contributed by atoms with Crippen LogP contribution in [0, 0.1) is 5.82 Å². The first-order valence-corrected chi connectivity index (χ1v) is 7.32. The summed E-state index contributed by atoms with van der Waals surface area (Å²) in [4.78, 5) is 11.8. The average molecular weight is 352 g/mol. The van der Waals surface area contributed by atoms with Crippen molar-refractivity contribution in [3.05, 3.63) is 53.5 Å². The van der Waals surface area contributed by atoms with E-state index in [0.717, 1.165) is 18.2 Å². The number of hydrogen-bond acceptors (Lipinski definition) is 3. The van der Waals surface area contributed by atoms with Gasteiger partial charge in [-0.15, -0.1) is 0 Å². The van der Waals surface area contributed by atoms with Gasteiger partial charge in [0.2, 0.25) is 0 Å². The lowest BCUT2D eigenvalue weighted by Gasteiger charge is -2.12. The van der Waals surface area contributed by atoms with Gasteiger partial charge in [0, 0.05) is 10.9 Å². The number of aromatic amines is 1. The highest BCUT2D eigenvalue weighted by atomic mass is 19.4. The highest BCUT2D eigenvalue weighted by Gasteiger charge is 2.32. The van der Waals surface area contributed by atoms with Crippen LogP contribution in [0.25, 0.3) is 22.0 Å². The summed E-state index contributed by atoms with van der Waals surface area (Å²) >= 11 is 0. The lowest BCUT2D eigenvalue weighted by Crippen LogP contribution is -2.06. The van der Waals surface area contributed by atoms with Crippen LogP contribution in [0.3, 0.4) is 0 Å². The number of esters is 1. The highest BCUT2D eigenvalue weighted by molar-refractivity contribution is 5.97. The topological polar surface area (TPSA) is 55.0 Å². The fourth-order valence-corrected chi connectivity index (χ4v) is 2.51. The number of carbonyl (C=O) groups is 1. The van der Waals surface area contributed by atoms with E-state index in [-0.39, 0.29) is 28.8 Å². The maximum atomic E-state index is 14.3. The minimum Gasteiger partial charge on any atom is -0.462 e. The summed E-state index contributed by atoms with van der Waals surface area (Å²) in [5.41, 5.74) is -0.927. The van der Waals surface area contributed by atoms with Crippen molar-refractivity contribution in [2.45, 2.75) is 13.1 Å². The van der Waals surface area contributed by atoms with Gasteiger partial charge in [0.1, 0.15) is 5.82 Å². The number of nitrogens with one attached hydrogen (secondary N) is 1. The van der Waals surface area contributed by atoms with E-state index >= 15 is 0 Å². The number of alkyl halides is 3. The van der Waals surface area contributed by atoms with Crippen LogP contribution < -0.4 is 0 Å². The van der Waals surface area contributed by atoms with Crippen molar-refractivity contribution in [1.82, 2.24) is 10.2 Å². The van der Waals surface area contributed by atoms with Crippen molar-refractivity contribution < 1.29 is 27.1 Å². The monoisotopic (exact) mass is 352 g/mol. The molecule has 0 unspecified atom stereocenters. The van der Waals surface area contributed by atoms with Gasteiger partial charge in [-0.1, -0.05) is 0 Å². The summed E-state index contributed by atoms with van der Waals surface area (Å²) in [6.07, 6.45) is -3.30. The number of aromatic nitrogens is 2. The Kier molecular flexibility index (Phi) is 4.20. The summed E-state index contributed by atoms with van der Waals surface area (Å²) in [5, 5.41) is 6.49. The van der Waals surface area contributed by atoms with E-state index < -0.39 is 23.5 Å². The summed E-state index contributed by atoms with van der Waals surface area (Å²) in [6, 6.07) is 5.16. The van der Waals surface area contributed by atoms with Gasteiger partial charge in [0.05, 0.1) is 29.4 Å². The Bertz CT molecular complexity index is 947. The molecule has 8 heteroatoms. The Balaban J connectivity index is 2.23. The zero-order valence-electron chi connectivity index (χ0n) is 12.9. The van der Waals surface area contributed by atoms with Gasteiger partial charge in [-0.3, -0.25) is 5.10 Å². The fourth-order valence-electron chi connectivity index (χ4n) is 2.51. The number of hydrogen-bond donors (Lipinski definition) is 1. The largest absolute Gasteiger partial charge is 0.462 e. The first-order valence-electron chi connectivity index (χ1n) is 7.32. The van der Waals surface area contributed by atoms with Gasteiger partial charge >= 0.3 is 12.1 Å². The second kappa shape index (κ2) is 6.19. The van der Waals surface area contributed by atoms with Crippen LogP contribution in [-0.2, 0) is 10.9 Å². The molecule has 3 aromatic rings. The molecule has 0 saturated carbocycles. The lowest BCUT2D eigenvalue weighted by molar-refractivity contribution is -0.137. The van der Waals surface area contributed by atoms with Crippen LogP contribution in [0.4, 0.5) is 17.6 Å². The van der Waals surface area contributed by atoms with Crippen molar-refractivity contribution in [2.24, 2.45) is 0 Å². The quantitative estimate of drug-likeness (QED) is 0.555. The molecule has 3 rings (SSSR count). The molecule has 0 radical (unpaired) electrons. The number of H-pyrrole nitrogens is 1. The van der Waals surface area contributed by atoms with Gasteiger partial charge in [-0.25, -0.2) is 9.18 Å². The first-order chi connectivity index (χ1) is 11.8. The number of rotatable bonds is 3. The predicted molar refractivity (Wildman–Crippen MR) is 82.4 cm³/mol. The molecule has 130 valence electrons. The first kappa shape index (κ1) is 16.9. The van der Waals surface area contributed by atoms with Crippen LogP contribution in [0.15, 0.2) is 36.5 Å². The maximum absolute atomic E-state index is 14.3. The van der Waals surface area contributed by atoms with E-state index in [1.54, 1.807) is 6.92 Å². The Morgan fingerprint density at radius 3 is 2.64 bits per heavy atom. The van der Waals surface area contributed by atoms with Gasteiger partial charge < -0.3 is 4.74 Å². The molecule has 0 aliphatic rings. The molecule has 0 fully saturated rings. The molecule has 25 heavy (non-hydrogen) atoms. The highest BCUT2D eigenvalue weighted by Crippen LogP contribution is 2.37. The van der Waals surface area contributed by atoms with Crippen LogP contribution in [-0.4, -0.2) is 22.8 Å². The lowest BCUT2D eigenvalue weighted by atomic mass is 9.97. The van der Waals surface area contributed by atoms with E-state index in [1.165, 1.54) is 18.3 Å². The van der Waals surface area contributed by atoms with Crippen LogP contribution in [0.1, 0.15) is 22.8 Å².